The van der Waals surface area contributed by atoms with Crippen LogP contribution in [-0.2, 0) is 11.3 Å². The van der Waals surface area contributed by atoms with Crippen LogP contribution >= 0.6 is 11.8 Å². The first-order valence-corrected chi connectivity index (χ1v) is 7.94. The number of carbonyl (C=O) groups excluding carboxylic acids is 1. The zero-order chi connectivity index (χ0) is 14.1. The van der Waals surface area contributed by atoms with Gasteiger partial charge in [0, 0.05) is 19.1 Å². The second-order valence-electron chi connectivity index (χ2n) is 4.71. The normalized spacial score (nSPS) is 12.2. The zero-order valence-corrected chi connectivity index (χ0v) is 12.7. The van der Waals surface area contributed by atoms with Gasteiger partial charge >= 0.3 is 0 Å². The molecule has 1 rings (SSSR count). The van der Waals surface area contributed by atoms with Gasteiger partial charge in [0.15, 0.2) is 0 Å². The predicted octanol–water partition coefficient (Wildman–Crippen LogP) is 2.51. The number of rotatable bonds is 8. The minimum atomic E-state index is 0.209. The second kappa shape index (κ2) is 8.99. The highest BCUT2D eigenvalue weighted by atomic mass is 32.2. The number of hydrogen-bond acceptors (Lipinski definition) is 3. The Hall–Kier alpha value is -1.00. The van der Waals surface area contributed by atoms with Gasteiger partial charge in [-0.15, -0.1) is 0 Å². The van der Waals surface area contributed by atoms with E-state index in [1.807, 2.05) is 36.9 Å². The summed E-state index contributed by atoms with van der Waals surface area (Å²) in [5.74, 6) is 1.71. The Labute approximate surface area is 120 Å². The van der Waals surface area contributed by atoms with Gasteiger partial charge in [0.2, 0.25) is 5.91 Å². The molecule has 0 aliphatic heterocycles. The van der Waals surface area contributed by atoms with Crippen LogP contribution in [0.4, 0.5) is 0 Å². The summed E-state index contributed by atoms with van der Waals surface area (Å²) in [7, 11) is 0. The number of thioether (sulfide) groups is 1. The van der Waals surface area contributed by atoms with Crippen LogP contribution in [0.2, 0.25) is 0 Å². The molecule has 0 saturated carbocycles. The molecule has 0 radical (unpaired) electrons. The fraction of sp³-hybridized carbons (Fsp3) is 0.533. The molecule has 0 fully saturated rings. The van der Waals surface area contributed by atoms with Crippen molar-refractivity contribution in [1.29, 1.82) is 0 Å². The first kappa shape index (κ1) is 16.1. The van der Waals surface area contributed by atoms with Crippen LogP contribution in [0.1, 0.15) is 25.8 Å². The van der Waals surface area contributed by atoms with Crippen molar-refractivity contribution in [2.75, 3.05) is 18.1 Å². The third-order valence-corrected chi connectivity index (χ3v) is 3.87. The number of carbonyl (C=O) groups is 1. The van der Waals surface area contributed by atoms with Gasteiger partial charge in [-0.1, -0.05) is 30.3 Å². The van der Waals surface area contributed by atoms with Crippen molar-refractivity contribution in [3.63, 3.8) is 0 Å². The minimum Gasteiger partial charge on any atom is -0.338 e. The lowest BCUT2D eigenvalue weighted by molar-refractivity contribution is -0.128. The van der Waals surface area contributed by atoms with Crippen LogP contribution < -0.4 is 5.73 Å². The first-order valence-electron chi connectivity index (χ1n) is 6.78. The highest BCUT2D eigenvalue weighted by molar-refractivity contribution is 7.99. The number of benzene rings is 1. The summed E-state index contributed by atoms with van der Waals surface area (Å²) in [6, 6.07) is 10.3. The van der Waals surface area contributed by atoms with Crippen molar-refractivity contribution in [2.24, 2.45) is 5.73 Å². The summed E-state index contributed by atoms with van der Waals surface area (Å²) in [4.78, 5) is 14.0. The summed E-state index contributed by atoms with van der Waals surface area (Å²) >= 11 is 1.67. The van der Waals surface area contributed by atoms with Crippen molar-refractivity contribution in [2.45, 2.75) is 32.9 Å². The maximum absolute atomic E-state index is 12.1. The number of nitrogens with two attached hydrogens (primary N) is 1. The van der Waals surface area contributed by atoms with E-state index in [4.69, 9.17) is 5.73 Å². The Kier molecular flexibility index (Phi) is 7.60. The summed E-state index contributed by atoms with van der Waals surface area (Å²) in [5.41, 5.74) is 6.87. The molecule has 4 heteroatoms. The molecule has 1 unspecified atom stereocenters. The Morgan fingerprint density at radius 2 is 2.05 bits per heavy atom. The van der Waals surface area contributed by atoms with Gasteiger partial charge in [0.25, 0.3) is 0 Å². The molecule has 0 spiro atoms. The monoisotopic (exact) mass is 280 g/mol. The Morgan fingerprint density at radius 3 is 2.63 bits per heavy atom. The summed E-state index contributed by atoms with van der Waals surface area (Å²) in [6.45, 7) is 5.47. The van der Waals surface area contributed by atoms with Gasteiger partial charge < -0.3 is 10.6 Å². The van der Waals surface area contributed by atoms with Gasteiger partial charge in [0.05, 0.1) is 5.75 Å². The fourth-order valence-electron chi connectivity index (χ4n) is 1.70. The number of hydrogen-bond donors (Lipinski definition) is 1. The van der Waals surface area contributed by atoms with E-state index < -0.39 is 0 Å². The van der Waals surface area contributed by atoms with Crippen LogP contribution in [0.5, 0.6) is 0 Å². The van der Waals surface area contributed by atoms with Gasteiger partial charge in [0.1, 0.15) is 0 Å². The van der Waals surface area contributed by atoms with Gasteiger partial charge in [-0.05, 0) is 31.6 Å². The van der Waals surface area contributed by atoms with E-state index in [9.17, 15) is 4.79 Å². The fourth-order valence-corrected chi connectivity index (χ4v) is 2.74. The number of nitrogens with zero attached hydrogens (tertiary/aromatic N) is 1. The van der Waals surface area contributed by atoms with Gasteiger partial charge in [-0.25, -0.2) is 0 Å². The molecule has 0 saturated heterocycles. The van der Waals surface area contributed by atoms with Crippen molar-refractivity contribution in [3.05, 3.63) is 35.9 Å². The van der Waals surface area contributed by atoms with E-state index in [1.165, 1.54) is 5.56 Å². The molecule has 3 nitrogen and oxygen atoms in total. The topological polar surface area (TPSA) is 46.3 Å². The standard InChI is InChI=1S/C15H24N2OS/c1-3-17(11-14-7-5-4-6-8-14)15(18)12-19-10-9-13(2)16/h4-8,13H,3,9-12,16H2,1-2H3. The van der Waals surface area contributed by atoms with E-state index >= 15 is 0 Å². The van der Waals surface area contributed by atoms with Crippen LogP contribution in [-0.4, -0.2) is 34.9 Å². The molecule has 19 heavy (non-hydrogen) atoms. The second-order valence-corrected chi connectivity index (χ2v) is 5.82. The van der Waals surface area contributed by atoms with Crippen LogP contribution in [0.15, 0.2) is 30.3 Å². The van der Waals surface area contributed by atoms with Crippen molar-refractivity contribution in [1.82, 2.24) is 4.90 Å². The molecule has 0 aliphatic carbocycles. The van der Waals surface area contributed by atoms with Crippen molar-refractivity contribution >= 4 is 17.7 Å². The quantitative estimate of drug-likeness (QED) is 0.744. The largest absolute Gasteiger partial charge is 0.338 e. The summed E-state index contributed by atoms with van der Waals surface area (Å²) in [6.07, 6.45) is 0.961. The highest BCUT2D eigenvalue weighted by Crippen LogP contribution is 2.09. The molecule has 2 N–H and O–H groups in total. The molecular weight excluding hydrogens is 256 g/mol. The van der Waals surface area contributed by atoms with Crippen molar-refractivity contribution < 1.29 is 4.79 Å². The lowest BCUT2D eigenvalue weighted by Gasteiger charge is -2.21. The first-order chi connectivity index (χ1) is 9.13. The SMILES string of the molecule is CCN(Cc1ccccc1)C(=O)CSCCC(C)N. The smallest absolute Gasteiger partial charge is 0.232 e. The third kappa shape index (κ3) is 6.64. The molecular formula is C15H24N2OS. The van der Waals surface area contributed by atoms with E-state index in [2.05, 4.69) is 12.1 Å². The Balaban J connectivity index is 2.35. The van der Waals surface area contributed by atoms with E-state index in [-0.39, 0.29) is 11.9 Å². The van der Waals surface area contributed by atoms with E-state index in [1.54, 1.807) is 11.8 Å². The van der Waals surface area contributed by atoms with E-state index in [0.29, 0.717) is 12.3 Å². The van der Waals surface area contributed by atoms with Crippen LogP contribution in [0.25, 0.3) is 0 Å². The highest BCUT2D eigenvalue weighted by Gasteiger charge is 2.11. The maximum Gasteiger partial charge on any atom is 0.232 e. The van der Waals surface area contributed by atoms with Crippen molar-refractivity contribution in [3.8, 4) is 0 Å². The van der Waals surface area contributed by atoms with Gasteiger partial charge in [-0.3, -0.25) is 4.79 Å². The maximum atomic E-state index is 12.1. The zero-order valence-electron chi connectivity index (χ0n) is 11.8. The summed E-state index contributed by atoms with van der Waals surface area (Å²) < 4.78 is 0. The molecule has 1 amide bonds. The number of amides is 1. The van der Waals surface area contributed by atoms with E-state index in [0.717, 1.165) is 18.7 Å². The van der Waals surface area contributed by atoms with Crippen LogP contribution in [0.3, 0.4) is 0 Å². The molecule has 1 aromatic rings. The van der Waals surface area contributed by atoms with Gasteiger partial charge in [-0.2, -0.15) is 11.8 Å². The average molecular weight is 280 g/mol. The Bertz CT molecular complexity index is 368. The Morgan fingerprint density at radius 1 is 1.37 bits per heavy atom. The lowest BCUT2D eigenvalue weighted by Crippen LogP contribution is -2.31. The third-order valence-electron chi connectivity index (χ3n) is 2.89. The molecule has 0 aliphatic rings. The average Bonchev–Trinajstić information content (AvgIpc) is 2.41. The molecule has 0 bridgehead atoms. The minimum absolute atomic E-state index is 0.209. The van der Waals surface area contributed by atoms with Crippen LogP contribution in [0, 0.1) is 0 Å². The molecule has 0 heterocycles. The lowest BCUT2D eigenvalue weighted by atomic mass is 10.2. The molecule has 1 aromatic carbocycles. The summed E-state index contributed by atoms with van der Waals surface area (Å²) in [5, 5.41) is 0. The molecule has 1 atom stereocenters. The predicted molar refractivity (Wildman–Crippen MR) is 83.1 cm³/mol. The molecule has 0 aromatic heterocycles. The molecule has 106 valence electrons.